The van der Waals surface area contributed by atoms with E-state index in [9.17, 15) is 13.2 Å². The van der Waals surface area contributed by atoms with Gasteiger partial charge < -0.3 is 14.0 Å². The van der Waals surface area contributed by atoms with E-state index in [1.54, 1.807) is 12.1 Å². The fourth-order valence-corrected chi connectivity index (χ4v) is 2.87. The third-order valence-corrected chi connectivity index (χ3v) is 4.34. The quantitative estimate of drug-likeness (QED) is 0.815. The molecule has 0 saturated carbocycles. The van der Waals surface area contributed by atoms with Crippen molar-refractivity contribution in [3.63, 3.8) is 0 Å². The summed E-state index contributed by atoms with van der Waals surface area (Å²) in [6.45, 7) is 1.84. The SMILES string of the molecule is COc1ccc(CC(=O)O)cc1OS(=O)(=O)c1ccc(C)cc1. The van der Waals surface area contributed by atoms with E-state index in [1.807, 2.05) is 6.92 Å². The molecule has 0 atom stereocenters. The Bertz CT molecular complexity index is 809. The van der Waals surface area contributed by atoms with E-state index in [0.717, 1.165) is 5.56 Å². The van der Waals surface area contributed by atoms with Crippen LogP contribution < -0.4 is 8.92 Å². The average Bonchev–Trinajstić information content (AvgIpc) is 2.47. The van der Waals surface area contributed by atoms with Crippen LogP contribution in [0.4, 0.5) is 0 Å². The molecule has 122 valence electrons. The summed E-state index contributed by atoms with van der Waals surface area (Å²) < 4.78 is 34.8. The molecule has 23 heavy (non-hydrogen) atoms. The first-order chi connectivity index (χ1) is 10.8. The summed E-state index contributed by atoms with van der Waals surface area (Å²) in [5.74, 6) is -0.871. The minimum atomic E-state index is -4.04. The molecule has 0 heterocycles. The minimum absolute atomic E-state index is 0.00814. The molecule has 0 bridgehead atoms. The molecule has 0 aromatic heterocycles. The predicted molar refractivity (Wildman–Crippen MR) is 83.3 cm³/mol. The zero-order valence-electron chi connectivity index (χ0n) is 12.6. The molecular weight excluding hydrogens is 320 g/mol. The smallest absolute Gasteiger partial charge is 0.339 e. The summed E-state index contributed by atoms with van der Waals surface area (Å²) in [7, 11) is -2.66. The van der Waals surface area contributed by atoms with Crippen molar-refractivity contribution >= 4 is 16.1 Å². The predicted octanol–water partition coefficient (Wildman–Crippen LogP) is 2.40. The molecule has 2 rings (SSSR count). The Morgan fingerprint density at radius 1 is 1.09 bits per heavy atom. The molecular formula is C16H16O6S. The number of ether oxygens (including phenoxy) is 1. The zero-order valence-corrected chi connectivity index (χ0v) is 13.5. The Hall–Kier alpha value is -2.54. The standard InChI is InChI=1S/C16H16O6S/c1-11-3-6-13(7-4-11)23(19,20)22-15-9-12(10-16(17)18)5-8-14(15)21-2/h3-9H,10H2,1-2H3,(H,17,18). The molecule has 2 aromatic carbocycles. The lowest BCUT2D eigenvalue weighted by atomic mass is 10.1. The molecule has 0 spiro atoms. The number of benzene rings is 2. The maximum absolute atomic E-state index is 12.3. The second-order valence-corrected chi connectivity index (χ2v) is 6.45. The van der Waals surface area contributed by atoms with Gasteiger partial charge >= 0.3 is 16.1 Å². The van der Waals surface area contributed by atoms with E-state index in [4.69, 9.17) is 14.0 Å². The summed E-state index contributed by atoms with van der Waals surface area (Å²) in [5, 5.41) is 8.83. The van der Waals surface area contributed by atoms with Crippen molar-refractivity contribution in [2.75, 3.05) is 7.11 Å². The Labute approximate surface area is 134 Å². The van der Waals surface area contributed by atoms with E-state index in [-0.39, 0.29) is 22.8 Å². The van der Waals surface area contributed by atoms with Crippen LogP contribution >= 0.6 is 0 Å². The van der Waals surface area contributed by atoms with E-state index >= 15 is 0 Å². The topological polar surface area (TPSA) is 89.9 Å². The molecule has 0 amide bonds. The first-order valence-electron chi connectivity index (χ1n) is 6.71. The van der Waals surface area contributed by atoms with Gasteiger partial charge in [0.05, 0.1) is 13.5 Å². The molecule has 7 heteroatoms. The molecule has 0 aliphatic rings. The van der Waals surface area contributed by atoms with E-state index < -0.39 is 16.1 Å². The summed E-state index contributed by atoms with van der Waals surface area (Å²) >= 11 is 0. The molecule has 0 aliphatic heterocycles. The van der Waals surface area contributed by atoms with Crippen LogP contribution in [-0.2, 0) is 21.3 Å². The third-order valence-electron chi connectivity index (χ3n) is 3.09. The normalized spacial score (nSPS) is 11.0. The van der Waals surface area contributed by atoms with Gasteiger partial charge in [0.25, 0.3) is 0 Å². The number of rotatable bonds is 6. The van der Waals surface area contributed by atoms with Crippen LogP contribution in [0.3, 0.4) is 0 Å². The minimum Gasteiger partial charge on any atom is -0.493 e. The maximum atomic E-state index is 12.3. The fourth-order valence-electron chi connectivity index (χ4n) is 1.94. The second-order valence-electron chi connectivity index (χ2n) is 4.91. The lowest BCUT2D eigenvalue weighted by molar-refractivity contribution is -0.136. The van der Waals surface area contributed by atoms with Gasteiger partial charge in [-0.3, -0.25) is 4.79 Å². The van der Waals surface area contributed by atoms with Crippen molar-refractivity contribution in [3.05, 3.63) is 53.6 Å². The van der Waals surface area contributed by atoms with Gasteiger partial charge in [0, 0.05) is 0 Å². The van der Waals surface area contributed by atoms with Crippen LogP contribution in [0.1, 0.15) is 11.1 Å². The monoisotopic (exact) mass is 336 g/mol. The Morgan fingerprint density at radius 3 is 2.30 bits per heavy atom. The van der Waals surface area contributed by atoms with Crippen molar-refractivity contribution in [1.82, 2.24) is 0 Å². The highest BCUT2D eigenvalue weighted by atomic mass is 32.2. The van der Waals surface area contributed by atoms with Crippen LogP contribution in [0.5, 0.6) is 11.5 Å². The van der Waals surface area contributed by atoms with Gasteiger partial charge in [0.1, 0.15) is 4.90 Å². The number of aryl methyl sites for hydroxylation is 1. The van der Waals surface area contributed by atoms with Crippen molar-refractivity contribution < 1.29 is 27.2 Å². The van der Waals surface area contributed by atoms with Crippen LogP contribution in [0, 0.1) is 6.92 Å². The Balaban J connectivity index is 2.37. The lowest BCUT2D eigenvalue weighted by Crippen LogP contribution is -2.11. The summed E-state index contributed by atoms with van der Waals surface area (Å²) in [5.41, 5.74) is 1.33. The largest absolute Gasteiger partial charge is 0.493 e. The Morgan fingerprint density at radius 2 is 1.74 bits per heavy atom. The number of hydrogen-bond acceptors (Lipinski definition) is 5. The second kappa shape index (κ2) is 6.70. The summed E-state index contributed by atoms with van der Waals surface area (Å²) in [6, 6.07) is 10.6. The first kappa shape index (κ1) is 16.8. The number of carboxylic acid groups (broad SMARTS) is 1. The van der Waals surface area contributed by atoms with Crippen molar-refractivity contribution in [1.29, 1.82) is 0 Å². The lowest BCUT2D eigenvalue weighted by Gasteiger charge is -2.12. The molecule has 0 radical (unpaired) electrons. The van der Waals surface area contributed by atoms with Crippen LogP contribution in [-0.4, -0.2) is 26.6 Å². The van der Waals surface area contributed by atoms with Gasteiger partial charge in [0.15, 0.2) is 11.5 Å². The number of hydrogen-bond donors (Lipinski definition) is 1. The molecule has 0 fully saturated rings. The molecule has 2 aromatic rings. The summed E-state index contributed by atoms with van der Waals surface area (Å²) in [6.07, 6.45) is -0.245. The maximum Gasteiger partial charge on any atom is 0.339 e. The highest BCUT2D eigenvalue weighted by Gasteiger charge is 2.19. The van der Waals surface area contributed by atoms with Gasteiger partial charge in [-0.2, -0.15) is 8.42 Å². The first-order valence-corrected chi connectivity index (χ1v) is 8.12. The van der Waals surface area contributed by atoms with Crippen molar-refractivity contribution in [2.24, 2.45) is 0 Å². The van der Waals surface area contributed by atoms with Crippen molar-refractivity contribution in [3.8, 4) is 11.5 Å². The number of carboxylic acids is 1. The highest BCUT2D eigenvalue weighted by Crippen LogP contribution is 2.31. The van der Waals surface area contributed by atoms with Crippen molar-refractivity contribution in [2.45, 2.75) is 18.2 Å². The average molecular weight is 336 g/mol. The Kier molecular flexibility index (Phi) is 4.90. The molecule has 1 N–H and O–H groups in total. The van der Waals surface area contributed by atoms with Gasteiger partial charge in [-0.1, -0.05) is 23.8 Å². The van der Waals surface area contributed by atoms with E-state index in [2.05, 4.69) is 0 Å². The van der Waals surface area contributed by atoms with Gasteiger partial charge in [-0.05, 0) is 36.8 Å². The van der Waals surface area contributed by atoms with Gasteiger partial charge in [-0.15, -0.1) is 0 Å². The third kappa shape index (κ3) is 4.23. The molecule has 0 aliphatic carbocycles. The highest BCUT2D eigenvalue weighted by molar-refractivity contribution is 7.87. The molecule has 0 unspecified atom stereocenters. The fraction of sp³-hybridized carbons (Fsp3) is 0.188. The number of carbonyl (C=O) groups is 1. The van der Waals surface area contributed by atoms with E-state index in [0.29, 0.717) is 5.56 Å². The number of methoxy groups -OCH3 is 1. The summed E-state index contributed by atoms with van der Waals surface area (Å²) in [4.78, 5) is 10.8. The van der Waals surface area contributed by atoms with Gasteiger partial charge in [0.2, 0.25) is 0 Å². The molecule has 0 saturated heterocycles. The van der Waals surface area contributed by atoms with Crippen LogP contribution in [0.25, 0.3) is 0 Å². The van der Waals surface area contributed by atoms with E-state index in [1.165, 1.54) is 37.4 Å². The van der Waals surface area contributed by atoms with Crippen LogP contribution in [0.2, 0.25) is 0 Å². The molecule has 6 nitrogen and oxygen atoms in total. The zero-order chi connectivity index (χ0) is 17.0. The van der Waals surface area contributed by atoms with Gasteiger partial charge in [-0.25, -0.2) is 0 Å². The number of aliphatic carboxylic acids is 1. The van der Waals surface area contributed by atoms with Crippen LogP contribution in [0.15, 0.2) is 47.4 Å².